The van der Waals surface area contributed by atoms with Gasteiger partial charge >= 0.3 is 0 Å². The molecule has 4 nitrogen and oxygen atoms in total. The smallest absolute Gasteiger partial charge is 0.129 e. The maximum Gasteiger partial charge on any atom is 0.129 e. The van der Waals surface area contributed by atoms with Crippen molar-refractivity contribution in [3.8, 4) is 0 Å². The number of aliphatic hydroxyl groups is 2. The highest BCUT2D eigenvalue weighted by molar-refractivity contribution is 5.06. The van der Waals surface area contributed by atoms with Crippen LogP contribution in [0.2, 0.25) is 0 Å². The van der Waals surface area contributed by atoms with Crippen LogP contribution >= 0.6 is 0 Å². The van der Waals surface area contributed by atoms with Gasteiger partial charge in [-0.1, -0.05) is 13.3 Å². The van der Waals surface area contributed by atoms with E-state index in [0.717, 1.165) is 37.4 Å². The number of hydrogen-bond donors (Lipinski definition) is 3. The van der Waals surface area contributed by atoms with Crippen molar-refractivity contribution in [3.63, 3.8) is 0 Å². The fraction of sp³-hybridized carbons (Fsp3) is 0.733. The van der Waals surface area contributed by atoms with Gasteiger partial charge in [-0.15, -0.1) is 0 Å². The van der Waals surface area contributed by atoms with Crippen LogP contribution in [0.5, 0.6) is 0 Å². The van der Waals surface area contributed by atoms with Gasteiger partial charge in [0.15, 0.2) is 0 Å². The van der Waals surface area contributed by atoms with Gasteiger partial charge in [0, 0.05) is 6.54 Å². The molecule has 1 aromatic heterocycles. The van der Waals surface area contributed by atoms with Crippen LogP contribution in [0.4, 0.5) is 0 Å². The Morgan fingerprint density at radius 3 is 2.58 bits per heavy atom. The van der Waals surface area contributed by atoms with Gasteiger partial charge in [-0.2, -0.15) is 0 Å². The largest absolute Gasteiger partial charge is 0.462 e. The first-order valence-electron chi connectivity index (χ1n) is 7.27. The lowest BCUT2D eigenvalue weighted by atomic mass is 9.78. The first kappa shape index (κ1) is 14.6. The zero-order valence-electron chi connectivity index (χ0n) is 11.7. The summed E-state index contributed by atoms with van der Waals surface area (Å²) in [6.45, 7) is 3.36. The van der Waals surface area contributed by atoms with Crippen LogP contribution in [0.25, 0.3) is 0 Å². The lowest BCUT2D eigenvalue weighted by molar-refractivity contribution is -0.00909. The van der Waals surface area contributed by atoms with E-state index in [0.29, 0.717) is 18.8 Å². The molecule has 1 aliphatic rings. The summed E-state index contributed by atoms with van der Waals surface area (Å²) in [6.07, 6.45) is 5.26. The Labute approximate surface area is 114 Å². The molecule has 108 valence electrons. The summed E-state index contributed by atoms with van der Waals surface area (Å²) in [5.74, 6) is 2.17. The monoisotopic (exact) mass is 267 g/mol. The Bertz CT molecular complexity index is 380. The Morgan fingerprint density at radius 2 is 2.00 bits per heavy atom. The predicted molar refractivity (Wildman–Crippen MR) is 73.5 cm³/mol. The summed E-state index contributed by atoms with van der Waals surface area (Å²) in [4.78, 5) is 0. The maximum absolute atomic E-state index is 10.5. The van der Waals surface area contributed by atoms with E-state index in [9.17, 15) is 5.11 Å². The van der Waals surface area contributed by atoms with E-state index in [4.69, 9.17) is 9.52 Å². The first-order valence-corrected chi connectivity index (χ1v) is 7.27. The zero-order valence-corrected chi connectivity index (χ0v) is 11.7. The van der Waals surface area contributed by atoms with E-state index in [1.165, 1.54) is 6.42 Å². The van der Waals surface area contributed by atoms with E-state index >= 15 is 0 Å². The molecular formula is C15H25NO3. The Balaban J connectivity index is 1.73. The van der Waals surface area contributed by atoms with Crippen molar-refractivity contribution in [2.75, 3.05) is 6.54 Å². The van der Waals surface area contributed by atoms with E-state index < -0.39 is 5.60 Å². The molecule has 0 atom stereocenters. The molecule has 0 radical (unpaired) electrons. The minimum absolute atomic E-state index is 0.0671. The predicted octanol–water partition coefficient (Wildman–Crippen LogP) is 2.19. The van der Waals surface area contributed by atoms with Crippen LogP contribution in [0, 0.1) is 5.92 Å². The second-order valence-electron chi connectivity index (χ2n) is 5.71. The SMILES string of the molecule is CCC1CCC(O)(CNCc2ccc(CO)o2)CC1. The molecule has 0 bridgehead atoms. The van der Waals surface area contributed by atoms with Crippen LogP contribution in [0.3, 0.4) is 0 Å². The standard InChI is InChI=1S/C15H25NO3/c1-2-12-5-7-15(18,8-6-12)11-16-9-13-3-4-14(10-17)19-13/h3-4,12,16-18H,2,5-11H2,1H3. The van der Waals surface area contributed by atoms with Crippen molar-refractivity contribution < 1.29 is 14.6 Å². The van der Waals surface area contributed by atoms with E-state index in [-0.39, 0.29) is 6.61 Å². The molecule has 1 saturated carbocycles. The summed E-state index contributed by atoms with van der Waals surface area (Å²) in [5, 5.41) is 22.7. The molecule has 1 heterocycles. The zero-order chi connectivity index (χ0) is 13.7. The Morgan fingerprint density at radius 1 is 1.32 bits per heavy atom. The fourth-order valence-corrected chi connectivity index (χ4v) is 2.82. The maximum atomic E-state index is 10.5. The Hall–Kier alpha value is -0.840. The first-order chi connectivity index (χ1) is 9.15. The van der Waals surface area contributed by atoms with Crippen LogP contribution < -0.4 is 5.32 Å². The molecule has 0 aromatic carbocycles. The molecule has 0 saturated heterocycles. The van der Waals surface area contributed by atoms with Crippen LogP contribution in [0.1, 0.15) is 50.5 Å². The molecule has 3 N–H and O–H groups in total. The molecule has 1 aromatic rings. The lowest BCUT2D eigenvalue weighted by Gasteiger charge is -2.35. The number of rotatable bonds is 6. The Kier molecular flexibility index (Phi) is 5.02. The van der Waals surface area contributed by atoms with E-state index in [1.807, 2.05) is 6.07 Å². The van der Waals surface area contributed by atoms with Crippen molar-refractivity contribution >= 4 is 0 Å². The topological polar surface area (TPSA) is 65.6 Å². The van der Waals surface area contributed by atoms with Crippen LogP contribution in [0.15, 0.2) is 16.5 Å². The number of furan rings is 1. The molecule has 0 amide bonds. The molecule has 0 aliphatic heterocycles. The van der Waals surface area contributed by atoms with Crippen molar-refractivity contribution in [1.29, 1.82) is 0 Å². The molecule has 19 heavy (non-hydrogen) atoms. The molecule has 0 spiro atoms. The molecule has 1 fully saturated rings. The third-order valence-electron chi connectivity index (χ3n) is 4.24. The van der Waals surface area contributed by atoms with E-state index in [2.05, 4.69) is 12.2 Å². The molecule has 0 unspecified atom stereocenters. The second-order valence-corrected chi connectivity index (χ2v) is 5.71. The molecule has 1 aliphatic carbocycles. The highest BCUT2D eigenvalue weighted by atomic mass is 16.4. The van der Waals surface area contributed by atoms with Gasteiger partial charge in [-0.3, -0.25) is 0 Å². The van der Waals surface area contributed by atoms with Crippen LogP contribution in [-0.4, -0.2) is 22.4 Å². The molecule has 4 heteroatoms. The van der Waals surface area contributed by atoms with Gasteiger partial charge in [-0.05, 0) is 43.7 Å². The molecule has 2 rings (SSSR count). The van der Waals surface area contributed by atoms with Crippen molar-refractivity contribution in [1.82, 2.24) is 5.32 Å². The summed E-state index contributed by atoms with van der Waals surface area (Å²) in [5.41, 5.74) is -0.557. The second kappa shape index (κ2) is 6.55. The lowest BCUT2D eigenvalue weighted by Crippen LogP contribution is -2.43. The van der Waals surface area contributed by atoms with Gasteiger partial charge in [0.25, 0.3) is 0 Å². The highest BCUT2D eigenvalue weighted by Crippen LogP contribution is 2.33. The average molecular weight is 267 g/mol. The summed E-state index contributed by atoms with van der Waals surface area (Å²) in [6, 6.07) is 3.63. The average Bonchev–Trinajstić information content (AvgIpc) is 2.87. The van der Waals surface area contributed by atoms with Gasteiger partial charge < -0.3 is 19.9 Å². The highest BCUT2D eigenvalue weighted by Gasteiger charge is 2.32. The third-order valence-corrected chi connectivity index (χ3v) is 4.24. The summed E-state index contributed by atoms with van der Waals surface area (Å²) < 4.78 is 5.40. The van der Waals surface area contributed by atoms with Gasteiger partial charge in [0.1, 0.15) is 18.1 Å². The minimum atomic E-state index is -0.557. The van der Waals surface area contributed by atoms with Crippen LogP contribution in [-0.2, 0) is 13.2 Å². The normalized spacial score (nSPS) is 27.6. The summed E-state index contributed by atoms with van der Waals surface area (Å²) >= 11 is 0. The van der Waals surface area contributed by atoms with Crippen molar-refractivity contribution in [3.05, 3.63) is 23.7 Å². The number of nitrogens with one attached hydrogen (secondary N) is 1. The quantitative estimate of drug-likeness (QED) is 0.739. The fourth-order valence-electron chi connectivity index (χ4n) is 2.82. The van der Waals surface area contributed by atoms with Gasteiger partial charge in [0.2, 0.25) is 0 Å². The van der Waals surface area contributed by atoms with Gasteiger partial charge in [0.05, 0.1) is 12.1 Å². The number of hydrogen-bond acceptors (Lipinski definition) is 4. The molecular weight excluding hydrogens is 242 g/mol. The minimum Gasteiger partial charge on any atom is -0.462 e. The third kappa shape index (κ3) is 4.06. The van der Waals surface area contributed by atoms with Crippen molar-refractivity contribution in [2.45, 2.75) is 57.8 Å². The van der Waals surface area contributed by atoms with Crippen molar-refractivity contribution in [2.24, 2.45) is 5.92 Å². The van der Waals surface area contributed by atoms with Gasteiger partial charge in [-0.25, -0.2) is 0 Å². The summed E-state index contributed by atoms with van der Waals surface area (Å²) in [7, 11) is 0. The number of aliphatic hydroxyl groups excluding tert-OH is 1. The van der Waals surface area contributed by atoms with E-state index in [1.54, 1.807) is 6.07 Å².